The number of allylic oxidation sites excluding steroid dienone is 6. The lowest BCUT2D eigenvalue weighted by molar-refractivity contribution is -0.134. The molecule has 0 fully saturated rings. The lowest BCUT2D eigenvalue weighted by Crippen LogP contribution is -2.07. The molecule has 3 nitrogen and oxygen atoms in total. The highest BCUT2D eigenvalue weighted by atomic mass is 16.5. The minimum atomic E-state index is -0.207. The fourth-order valence-electron chi connectivity index (χ4n) is 1.84. The van der Waals surface area contributed by atoms with Crippen LogP contribution in [0.15, 0.2) is 60.7 Å². The van der Waals surface area contributed by atoms with E-state index >= 15 is 0 Å². The molecule has 1 rings (SSSR count). The minimum Gasteiger partial charge on any atom is -0.497 e. The quantitative estimate of drug-likeness (QED) is 0.256. The van der Waals surface area contributed by atoms with Crippen LogP contribution in [0.4, 0.5) is 0 Å². The van der Waals surface area contributed by atoms with Gasteiger partial charge in [-0.2, -0.15) is 0 Å². The molecular formula is C20H26O3. The lowest BCUT2D eigenvalue weighted by Gasteiger charge is -2.04. The second-order valence-corrected chi connectivity index (χ2v) is 5.07. The number of hydrogen-bond donors (Lipinski definition) is 0. The largest absolute Gasteiger partial charge is 0.497 e. The summed E-state index contributed by atoms with van der Waals surface area (Å²) < 4.78 is 10.3. The van der Waals surface area contributed by atoms with Crippen molar-refractivity contribution in [3.63, 3.8) is 0 Å². The average Bonchev–Trinajstić information content (AvgIpc) is 2.57. The number of rotatable bonds is 10. The molecule has 0 amide bonds. The molecule has 1 aromatic rings. The van der Waals surface area contributed by atoms with Gasteiger partial charge >= 0.3 is 5.97 Å². The van der Waals surface area contributed by atoms with Crippen molar-refractivity contribution in [2.75, 3.05) is 7.11 Å². The second-order valence-electron chi connectivity index (χ2n) is 5.07. The molecule has 0 atom stereocenters. The Morgan fingerprint density at radius 1 is 0.957 bits per heavy atom. The molecular weight excluding hydrogens is 288 g/mol. The van der Waals surface area contributed by atoms with Crippen molar-refractivity contribution in [2.24, 2.45) is 0 Å². The maximum Gasteiger partial charge on any atom is 0.311 e. The number of esters is 1. The van der Waals surface area contributed by atoms with Crippen LogP contribution in [0.25, 0.3) is 0 Å². The van der Waals surface area contributed by atoms with E-state index in [9.17, 15) is 4.79 Å². The summed E-state index contributed by atoms with van der Waals surface area (Å²) in [4.78, 5) is 11.7. The first-order valence-electron chi connectivity index (χ1n) is 8.09. The predicted octanol–water partition coefficient (Wildman–Crippen LogP) is 5.24. The van der Waals surface area contributed by atoms with E-state index in [1.807, 2.05) is 18.2 Å². The Kier molecular flexibility index (Phi) is 10.0. The number of benzene rings is 1. The molecule has 23 heavy (non-hydrogen) atoms. The number of unbranched alkanes of at least 4 members (excludes halogenated alkanes) is 2. The summed E-state index contributed by atoms with van der Waals surface area (Å²) in [6.45, 7) is 2.16. The van der Waals surface area contributed by atoms with Crippen molar-refractivity contribution in [3.05, 3.63) is 60.7 Å². The Morgan fingerprint density at radius 2 is 1.57 bits per heavy atom. The standard InChI is InChI=1S/C20H26O3/c1-3-4-5-6-7-8-9-10-11-12-13-20(21)23-19-16-14-18(22-2)15-17-19/h5-10,14-17H,3-4,11-13H2,1-2H3. The van der Waals surface area contributed by atoms with Gasteiger partial charge < -0.3 is 9.47 Å². The van der Waals surface area contributed by atoms with Crippen molar-refractivity contribution in [2.45, 2.75) is 39.0 Å². The van der Waals surface area contributed by atoms with Gasteiger partial charge in [-0.05, 0) is 43.5 Å². The number of hydrogen-bond acceptors (Lipinski definition) is 3. The van der Waals surface area contributed by atoms with Crippen molar-refractivity contribution in [3.8, 4) is 11.5 Å². The molecule has 0 aliphatic carbocycles. The summed E-state index contributed by atoms with van der Waals surface area (Å²) in [6, 6.07) is 7.00. The average molecular weight is 314 g/mol. The maximum absolute atomic E-state index is 11.7. The summed E-state index contributed by atoms with van der Waals surface area (Å²) in [5.74, 6) is 1.09. The first-order valence-corrected chi connectivity index (χ1v) is 8.09. The Hall–Kier alpha value is -2.29. The van der Waals surface area contributed by atoms with Gasteiger partial charge in [0.15, 0.2) is 0 Å². The third-order valence-corrected chi connectivity index (χ3v) is 3.10. The van der Waals surface area contributed by atoms with Gasteiger partial charge in [-0.3, -0.25) is 4.79 Å². The molecule has 0 unspecified atom stereocenters. The molecule has 3 heteroatoms. The van der Waals surface area contributed by atoms with Crippen molar-refractivity contribution >= 4 is 5.97 Å². The van der Waals surface area contributed by atoms with Gasteiger partial charge in [0.25, 0.3) is 0 Å². The summed E-state index contributed by atoms with van der Waals surface area (Å²) in [6.07, 6.45) is 16.6. The first-order chi connectivity index (χ1) is 11.3. The summed E-state index contributed by atoms with van der Waals surface area (Å²) in [7, 11) is 1.60. The Balaban J connectivity index is 2.16. The highest BCUT2D eigenvalue weighted by Crippen LogP contribution is 2.17. The third kappa shape index (κ3) is 9.35. The van der Waals surface area contributed by atoms with E-state index in [4.69, 9.17) is 9.47 Å². The number of carbonyl (C=O) groups excluding carboxylic acids is 1. The molecule has 124 valence electrons. The van der Waals surface area contributed by atoms with E-state index in [1.165, 1.54) is 6.42 Å². The van der Waals surface area contributed by atoms with Crippen LogP contribution < -0.4 is 9.47 Å². The topological polar surface area (TPSA) is 35.5 Å². The van der Waals surface area contributed by atoms with Crippen LogP contribution in [0.1, 0.15) is 39.0 Å². The van der Waals surface area contributed by atoms with Gasteiger partial charge in [-0.1, -0.05) is 49.8 Å². The molecule has 0 saturated heterocycles. The van der Waals surface area contributed by atoms with Gasteiger partial charge in [0.1, 0.15) is 11.5 Å². The van der Waals surface area contributed by atoms with Gasteiger partial charge in [0.2, 0.25) is 0 Å². The van der Waals surface area contributed by atoms with Gasteiger partial charge in [0, 0.05) is 6.42 Å². The molecule has 0 aromatic heterocycles. The van der Waals surface area contributed by atoms with Crippen molar-refractivity contribution in [1.82, 2.24) is 0 Å². The highest BCUT2D eigenvalue weighted by Gasteiger charge is 2.04. The zero-order valence-electron chi connectivity index (χ0n) is 14.0. The van der Waals surface area contributed by atoms with Crippen LogP contribution in [0.2, 0.25) is 0 Å². The number of carbonyl (C=O) groups is 1. The first kappa shape index (κ1) is 18.8. The molecule has 0 spiro atoms. The molecule has 0 bridgehead atoms. The molecule has 0 aliphatic heterocycles. The fraction of sp³-hybridized carbons (Fsp3) is 0.350. The lowest BCUT2D eigenvalue weighted by atomic mass is 10.2. The van der Waals surface area contributed by atoms with Crippen molar-refractivity contribution < 1.29 is 14.3 Å². The molecule has 1 aromatic carbocycles. The van der Waals surface area contributed by atoms with E-state index in [2.05, 4.69) is 25.2 Å². The van der Waals surface area contributed by atoms with Gasteiger partial charge in [0.05, 0.1) is 7.11 Å². The van der Waals surface area contributed by atoms with E-state index in [0.29, 0.717) is 12.2 Å². The monoisotopic (exact) mass is 314 g/mol. The summed E-state index contributed by atoms with van der Waals surface area (Å²) in [5.41, 5.74) is 0. The van der Waals surface area contributed by atoms with Gasteiger partial charge in [-0.25, -0.2) is 0 Å². The zero-order valence-corrected chi connectivity index (χ0v) is 14.0. The predicted molar refractivity (Wildman–Crippen MR) is 94.8 cm³/mol. The molecule has 0 saturated carbocycles. The van der Waals surface area contributed by atoms with Crippen LogP contribution in [-0.2, 0) is 4.79 Å². The smallest absolute Gasteiger partial charge is 0.311 e. The number of methoxy groups -OCH3 is 1. The van der Waals surface area contributed by atoms with Crippen LogP contribution in [-0.4, -0.2) is 13.1 Å². The summed E-state index contributed by atoms with van der Waals surface area (Å²) >= 11 is 0. The normalized spacial score (nSPS) is 11.6. The second kappa shape index (κ2) is 12.3. The molecule has 0 heterocycles. The molecule has 0 radical (unpaired) electrons. The van der Waals surface area contributed by atoms with Crippen LogP contribution in [0.5, 0.6) is 11.5 Å². The fourth-order valence-corrected chi connectivity index (χ4v) is 1.84. The number of ether oxygens (including phenoxy) is 2. The SMILES string of the molecule is CCCC=CC=CC=CCCCC(=O)Oc1ccc(OC)cc1. The minimum absolute atomic E-state index is 0.207. The maximum atomic E-state index is 11.7. The van der Waals surface area contributed by atoms with E-state index in [-0.39, 0.29) is 5.97 Å². The van der Waals surface area contributed by atoms with Crippen LogP contribution in [0, 0.1) is 0 Å². The van der Waals surface area contributed by atoms with E-state index < -0.39 is 0 Å². The van der Waals surface area contributed by atoms with E-state index in [1.54, 1.807) is 31.4 Å². The Labute approximate surface area is 139 Å². The van der Waals surface area contributed by atoms with Crippen molar-refractivity contribution in [1.29, 1.82) is 0 Å². The zero-order chi connectivity index (χ0) is 16.8. The van der Waals surface area contributed by atoms with Gasteiger partial charge in [-0.15, -0.1) is 0 Å². The van der Waals surface area contributed by atoms with Crippen LogP contribution in [0.3, 0.4) is 0 Å². The Morgan fingerprint density at radius 3 is 2.17 bits per heavy atom. The summed E-state index contributed by atoms with van der Waals surface area (Å²) in [5, 5.41) is 0. The van der Waals surface area contributed by atoms with E-state index in [0.717, 1.165) is 25.0 Å². The molecule has 0 N–H and O–H groups in total. The Bertz CT molecular complexity index is 524. The third-order valence-electron chi connectivity index (χ3n) is 3.10. The molecule has 0 aliphatic rings. The van der Waals surface area contributed by atoms with Crippen LogP contribution >= 0.6 is 0 Å². The highest BCUT2D eigenvalue weighted by molar-refractivity contribution is 5.72.